The Kier molecular flexibility index (Phi) is 5.09. The molecule has 1 unspecified atom stereocenters. The highest BCUT2D eigenvalue weighted by molar-refractivity contribution is 5.84. The molecule has 0 radical (unpaired) electrons. The first-order valence-corrected chi connectivity index (χ1v) is 4.41. The second kappa shape index (κ2) is 5.55. The minimum absolute atomic E-state index is 0.0513. The molecule has 1 amide bonds. The lowest BCUT2D eigenvalue weighted by Gasteiger charge is -2.18. The van der Waals surface area contributed by atoms with E-state index in [1.54, 1.807) is 13.8 Å². The van der Waals surface area contributed by atoms with Crippen LogP contribution in [0.5, 0.6) is 0 Å². The molecular formula is C9H16N2O2. The number of aliphatic hydroxyl groups is 1. The largest absolute Gasteiger partial charge is 0.396 e. The molecule has 13 heavy (non-hydrogen) atoms. The Balaban J connectivity index is 4.02. The molecule has 0 saturated carbocycles. The Hall–Kier alpha value is -1.08. The van der Waals surface area contributed by atoms with Gasteiger partial charge in [0, 0.05) is 13.2 Å². The van der Waals surface area contributed by atoms with E-state index in [9.17, 15) is 4.79 Å². The van der Waals surface area contributed by atoms with Crippen LogP contribution in [-0.4, -0.2) is 24.2 Å². The van der Waals surface area contributed by atoms with E-state index in [4.69, 9.17) is 10.4 Å². The molecule has 4 nitrogen and oxygen atoms in total. The van der Waals surface area contributed by atoms with Crippen LogP contribution in [0.15, 0.2) is 0 Å². The molecule has 0 fully saturated rings. The van der Waals surface area contributed by atoms with Gasteiger partial charge in [0.05, 0.1) is 6.07 Å². The molecule has 0 heterocycles. The molecule has 1 atom stereocenters. The SMILES string of the molecule is CCC(C)(C#N)C(=O)NCCCO. The van der Waals surface area contributed by atoms with Gasteiger partial charge in [-0.1, -0.05) is 6.92 Å². The fourth-order valence-electron chi connectivity index (χ4n) is 0.766. The molecule has 0 aromatic rings. The van der Waals surface area contributed by atoms with E-state index in [-0.39, 0.29) is 12.5 Å². The molecule has 2 N–H and O–H groups in total. The molecule has 4 heteroatoms. The highest BCUT2D eigenvalue weighted by atomic mass is 16.3. The van der Waals surface area contributed by atoms with Crippen molar-refractivity contribution in [1.29, 1.82) is 5.26 Å². The van der Waals surface area contributed by atoms with Crippen LogP contribution in [0.3, 0.4) is 0 Å². The number of rotatable bonds is 5. The Morgan fingerprint density at radius 2 is 2.31 bits per heavy atom. The van der Waals surface area contributed by atoms with Crippen molar-refractivity contribution in [2.24, 2.45) is 5.41 Å². The normalized spacial score (nSPS) is 14.3. The zero-order valence-corrected chi connectivity index (χ0v) is 8.13. The Morgan fingerprint density at radius 1 is 1.69 bits per heavy atom. The second-order valence-electron chi connectivity index (χ2n) is 3.13. The number of amides is 1. The van der Waals surface area contributed by atoms with E-state index in [2.05, 4.69) is 5.32 Å². The number of carbonyl (C=O) groups is 1. The molecule has 0 rings (SSSR count). The predicted molar refractivity (Wildman–Crippen MR) is 48.7 cm³/mol. The van der Waals surface area contributed by atoms with Gasteiger partial charge in [-0.3, -0.25) is 4.79 Å². The number of hydrogen-bond donors (Lipinski definition) is 2. The van der Waals surface area contributed by atoms with Crippen molar-refractivity contribution in [1.82, 2.24) is 5.32 Å². The van der Waals surface area contributed by atoms with Gasteiger partial charge < -0.3 is 10.4 Å². The average molecular weight is 184 g/mol. The summed E-state index contributed by atoms with van der Waals surface area (Å²) in [7, 11) is 0. The predicted octanol–water partition coefficient (Wildman–Crippen LogP) is 0.425. The summed E-state index contributed by atoms with van der Waals surface area (Å²) in [6.07, 6.45) is 1.02. The number of nitrogens with zero attached hydrogens (tertiary/aromatic N) is 1. The van der Waals surface area contributed by atoms with Crippen LogP contribution in [0.25, 0.3) is 0 Å². The summed E-state index contributed by atoms with van der Waals surface area (Å²) in [6.45, 7) is 3.89. The highest BCUT2D eigenvalue weighted by Gasteiger charge is 2.30. The van der Waals surface area contributed by atoms with Crippen molar-refractivity contribution in [2.75, 3.05) is 13.2 Å². The van der Waals surface area contributed by atoms with Gasteiger partial charge in [0.2, 0.25) is 5.91 Å². The van der Waals surface area contributed by atoms with E-state index in [1.807, 2.05) is 6.07 Å². The summed E-state index contributed by atoms with van der Waals surface area (Å²) in [6, 6.07) is 1.98. The number of aliphatic hydroxyl groups excluding tert-OH is 1. The Bertz CT molecular complexity index is 210. The van der Waals surface area contributed by atoms with Crippen molar-refractivity contribution in [3.05, 3.63) is 0 Å². The van der Waals surface area contributed by atoms with E-state index in [0.717, 1.165) is 0 Å². The lowest BCUT2D eigenvalue weighted by atomic mass is 9.88. The van der Waals surface area contributed by atoms with Crippen molar-refractivity contribution >= 4 is 5.91 Å². The third-order valence-electron chi connectivity index (χ3n) is 2.08. The molecule has 0 aromatic heterocycles. The summed E-state index contributed by atoms with van der Waals surface area (Å²) in [5, 5.41) is 19.8. The molecule has 0 aliphatic heterocycles. The lowest BCUT2D eigenvalue weighted by molar-refractivity contribution is -0.127. The maximum Gasteiger partial charge on any atom is 0.240 e. The number of nitrogens with one attached hydrogen (secondary N) is 1. The standard InChI is InChI=1S/C9H16N2O2/c1-3-9(2,7-10)8(13)11-5-4-6-12/h12H,3-6H2,1-2H3,(H,11,13). The van der Waals surface area contributed by atoms with Gasteiger partial charge in [0.25, 0.3) is 0 Å². The third kappa shape index (κ3) is 3.43. The quantitative estimate of drug-likeness (QED) is 0.608. The van der Waals surface area contributed by atoms with E-state index in [1.165, 1.54) is 0 Å². The molecule has 0 bridgehead atoms. The van der Waals surface area contributed by atoms with Gasteiger partial charge in [-0.15, -0.1) is 0 Å². The Labute approximate surface area is 78.6 Å². The zero-order chi connectivity index (χ0) is 10.3. The van der Waals surface area contributed by atoms with Crippen molar-refractivity contribution < 1.29 is 9.90 Å². The van der Waals surface area contributed by atoms with E-state index < -0.39 is 5.41 Å². The van der Waals surface area contributed by atoms with Crippen molar-refractivity contribution in [3.8, 4) is 6.07 Å². The minimum atomic E-state index is -0.935. The fraction of sp³-hybridized carbons (Fsp3) is 0.778. The van der Waals surface area contributed by atoms with Crippen LogP contribution in [0.2, 0.25) is 0 Å². The second-order valence-corrected chi connectivity index (χ2v) is 3.13. The maximum absolute atomic E-state index is 11.4. The molecule has 0 aromatic carbocycles. The molecule has 0 saturated heterocycles. The average Bonchev–Trinajstić information content (AvgIpc) is 2.17. The minimum Gasteiger partial charge on any atom is -0.396 e. The van der Waals surface area contributed by atoms with Gasteiger partial charge in [0.15, 0.2) is 0 Å². The number of hydrogen-bond acceptors (Lipinski definition) is 3. The number of nitriles is 1. The fourth-order valence-corrected chi connectivity index (χ4v) is 0.766. The van der Waals surface area contributed by atoms with Gasteiger partial charge >= 0.3 is 0 Å². The first-order valence-electron chi connectivity index (χ1n) is 4.41. The first kappa shape index (κ1) is 11.9. The topological polar surface area (TPSA) is 73.1 Å². The maximum atomic E-state index is 11.4. The lowest BCUT2D eigenvalue weighted by Crippen LogP contribution is -2.38. The summed E-state index contributed by atoms with van der Waals surface area (Å²) in [5.41, 5.74) is -0.935. The summed E-state index contributed by atoms with van der Waals surface area (Å²) in [4.78, 5) is 11.4. The Morgan fingerprint density at radius 3 is 2.69 bits per heavy atom. The van der Waals surface area contributed by atoms with Gasteiger partial charge in [-0.25, -0.2) is 0 Å². The van der Waals surface area contributed by atoms with Crippen LogP contribution >= 0.6 is 0 Å². The van der Waals surface area contributed by atoms with E-state index >= 15 is 0 Å². The first-order chi connectivity index (χ1) is 6.10. The summed E-state index contributed by atoms with van der Waals surface area (Å²) in [5.74, 6) is -0.258. The molecular weight excluding hydrogens is 168 g/mol. The zero-order valence-electron chi connectivity index (χ0n) is 8.13. The van der Waals surface area contributed by atoms with Gasteiger partial charge in [-0.2, -0.15) is 5.26 Å². The van der Waals surface area contributed by atoms with Crippen LogP contribution in [0.4, 0.5) is 0 Å². The molecule has 0 aliphatic carbocycles. The van der Waals surface area contributed by atoms with Crippen LogP contribution in [0.1, 0.15) is 26.7 Å². The molecule has 0 aliphatic rings. The third-order valence-corrected chi connectivity index (χ3v) is 2.08. The van der Waals surface area contributed by atoms with Crippen LogP contribution in [-0.2, 0) is 4.79 Å². The molecule has 0 spiro atoms. The van der Waals surface area contributed by atoms with Crippen LogP contribution in [0, 0.1) is 16.7 Å². The van der Waals surface area contributed by atoms with Crippen LogP contribution < -0.4 is 5.32 Å². The van der Waals surface area contributed by atoms with Gasteiger partial charge in [0.1, 0.15) is 5.41 Å². The summed E-state index contributed by atoms with van der Waals surface area (Å²) < 4.78 is 0. The van der Waals surface area contributed by atoms with Gasteiger partial charge in [-0.05, 0) is 19.8 Å². The van der Waals surface area contributed by atoms with Crippen molar-refractivity contribution in [2.45, 2.75) is 26.7 Å². The monoisotopic (exact) mass is 184 g/mol. The van der Waals surface area contributed by atoms with E-state index in [0.29, 0.717) is 19.4 Å². The number of carbonyl (C=O) groups excluding carboxylic acids is 1. The smallest absolute Gasteiger partial charge is 0.240 e. The van der Waals surface area contributed by atoms with Crippen molar-refractivity contribution in [3.63, 3.8) is 0 Å². The molecule has 74 valence electrons. The highest BCUT2D eigenvalue weighted by Crippen LogP contribution is 2.19. The summed E-state index contributed by atoms with van der Waals surface area (Å²) >= 11 is 0.